The van der Waals surface area contributed by atoms with E-state index in [1.165, 1.54) is 4.68 Å². The van der Waals surface area contributed by atoms with Gasteiger partial charge in [-0.25, -0.2) is 8.42 Å². The maximum atomic E-state index is 11.4. The van der Waals surface area contributed by atoms with E-state index in [1.807, 2.05) is 19.9 Å². The van der Waals surface area contributed by atoms with E-state index in [4.69, 9.17) is 16.9 Å². The highest BCUT2D eigenvalue weighted by Gasteiger charge is 2.19. The van der Waals surface area contributed by atoms with Gasteiger partial charge in [-0.3, -0.25) is 4.68 Å². The number of aryl methyl sites for hydroxylation is 1. The standard InChI is InChI=1S/C11H16ClN3O2S/c1-4-18(16,17)6-5-15-11(12)9(7-13)10(14-15)8(2)3/h8H,4-6H2,1-3H3. The Morgan fingerprint density at radius 1 is 1.50 bits per heavy atom. The van der Waals surface area contributed by atoms with Crippen LogP contribution in [0.1, 0.15) is 37.9 Å². The number of halogens is 1. The summed E-state index contributed by atoms with van der Waals surface area (Å²) in [5, 5.41) is 13.5. The molecule has 0 aromatic carbocycles. The molecule has 0 bridgehead atoms. The molecule has 1 rings (SSSR count). The van der Waals surface area contributed by atoms with Crippen molar-refractivity contribution in [1.82, 2.24) is 9.78 Å². The fraction of sp³-hybridized carbons (Fsp3) is 0.636. The van der Waals surface area contributed by atoms with Crippen molar-refractivity contribution in [2.24, 2.45) is 0 Å². The van der Waals surface area contributed by atoms with E-state index in [0.717, 1.165) is 0 Å². The predicted octanol–water partition coefficient (Wildman–Crippen LogP) is 1.97. The van der Waals surface area contributed by atoms with Gasteiger partial charge in [-0.1, -0.05) is 32.4 Å². The maximum Gasteiger partial charge on any atom is 0.151 e. The molecule has 0 aliphatic rings. The molecule has 0 spiro atoms. The summed E-state index contributed by atoms with van der Waals surface area (Å²) in [5.41, 5.74) is 0.942. The van der Waals surface area contributed by atoms with Crippen LogP contribution in [0.25, 0.3) is 0 Å². The third kappa shape index (κ3) is 3.24. The molecule has 0 fully saturated rings. The minimum Gasteiger partial charge on any atom is -0.251 e. The largest absolute Gasteiger partial charge is 0.251 e. The lowest BCUT2D eigenvalue weighted by molar-refractivity contribution is 0.579. The summed E-state index contributed by atoms with van der Waals surface area (Å²) in [6, 6.07) is 2.01. The monoisotopic (exact) mass is 289 g/mol. The number of nitriles is 1. The van der Waals surface area contributed by atoms with Crippen molar-refractivity contribution in [3.63, 3.8) is 0 Å². The van der Waals surface area contributed by atoms with Crippen molar-refractivity contribution >= 4 is 21.4 Å². The quantitative estimate of drug-likeness (QED) is 0.830. The average Bonchev–Trinajstić information content (AvgIpc) is 2.63. The second kappa shape index (κ2) is 5.72. The van der Waals surface area contributed by atoms with Crippen LogP contribution in [-0.4, -0.2) is 29.7 Å². The van der Waals surface area contributed by atoms with Crippen molar-refractivity contribution in [2.75, 3.05) is 11.5 Å². The molecule has 1 heterocycles. The zero-order chi connectivity index (χ0) is 13.9. The summed E-state index contributed by atoms with van der Waals surface area (Å²) >= 11 is 6.03. The predicted molar refractivity (Wildman–Crippen MR) is 70.4 cm³/mol. The van der Waals surface area contributed by atoms with E-state index in [0.29, 0.717) is 11.3 Å². The maximum absolute atomic E-state index is 11.4. The topological polar surface area (TPSA) is 75.8 Å². The molecule has 5 nitrogen and oxygen atoms in total. The molecule has 0 saturated carbocycles. The van der Waals surface area contributed by atoms with Crippen LogP contribution < -0.4 is 0 Å². The Bertz CT molecular complexity index is 570. The van der Waals surface area contributed by atoms with Crippen LogP contribution in [-0.2, 0) is 16.4 Å². The zero-order valence-electron chi connectivity index (χ0n) is 10.6. The smallest absolute Gasteiger partial charge is 0.151 e. The van der Waals surface area contributed by atoms with Gasteiger partial charge < -0.3 is 0 Å². The Kier molecular flexibility index (Phi) is 4.77. The van der Waals surface area contributed by atoms with Crippen LogP contribution in [0.4, 0.5) is 0 Å². The number of hydrogen-bond acceptors (Lipinski definition) is 4. The molecule has 7 heteroatoms. The van der Waals surface area contributed by atoms with Gasteiger partial charge in [0.15, 0.2) is 9.84 Å². The number of rotatable bonds is 5. The van der Waals surface area contributed by atoms with E-state index in [-0.39, 0.29) is 29.1 Å². The van der Waals surface area contributed by atoms with Crippen molar-refractivity contribution in [3.8, 4) is 6.07 Å². The molecule has 0 radical (unpaired) electrons. The molecule has 0 atom stereocenters. The Hall–Kier alpha value is -1.06. The van der Waals surface area contributed by atoms with E-state index in [9.17, 15) is 8.42 Å². The zero-order valence-corrected chi connectivity index (χ0v) is 12.2. The molecule has 0 unspecified atom stereocenters. The Morgan fingerprint density at radius 3 is 2.50 bits per heavy atom. The van der Waals surface area contributed by atoms with E-state index >= 15 is 0 Å². The summed E-state index contributed by atoms with van der Waals surface area (Å²) in [4.78, 5) is 0. The van der Waals surface area contributed by atoms with Crippen molar-refractivity contribution in [3.05, 3.63) is 16.4 Å². The fourth-order valence-electron chi connectivity index (χ4n) is 1.48. The first-order chi connectivity index (χ1) is 8.32. The molecule has 18 heavy (non-hydrogen) atoms. The molecule has 0 N–H and O–H groups in total. The highest BCUT2D eigenvalue weighted by molar-refractivity contribution is 7.91. The number of sulfone groups is 1. The second-order valence-corrected chi connectivity index (χ2v) is 7.11. The first-order valence-corrected chi connectivity index (χ1v) is 7.89. The SMILES string of the molecule is CCS(=O)(=O)CCn1nc(C(C)C)c(C#N)c1Cl. The summed E-state index contributed by atoms with van der Waals surface area (Å²) < 4.78 is 24.3. The second-order valence-electron chi connectivity index (χ2n) is 4.28. The van der Waals surface area contributed by atoms with Gasteiger partial charge >= 0.3 is 0 Å². The van der Waals surface area contributed by atoms with Crippen molar-refractivity contribution in [1.29, 1.82) is 5.26 Å². The Morgan fingerprint density at radius 2 is 2.11 bits per heavy atom. The Labute approximate surface area is 112 Å². The van der Waals surface area contributed by atoms with Gasteiger partial charge in [0.05, 0.1) is 18.0 Å². The van der Waals surface area contributed by atoms with Crippen LogP contribution in [0.3, 0.4) is 0 Å². The lowest BCUT2D eigenvalue weighted by atomic mass is 10.1. The normalized spacial score (nSPS) is 11.8. The molecule has 1 aromatic rings. The minimum absolute atomic E-state index is 0.0205. The Balaban J connectivity index is 3.02. The van der Waals surface area contributed by atoms with Gasteiger partial charge in [0.2, 0.25) is 0 Å². The van der Waals surface area contributed by atoms with Gasteiger partial charge in [-0.2, -0.15) is 10.4 Å². The van der Waals surface area contributed by atoms with Crippen molar-refractivity contribution in [2.45, 2.75) is 33.2 Å². The molecule has 0 saturated heterocycles. The van der Waals surface area contributed by atoms with E-state index in [1.54, 1.807) is 6.92 Å². The molecular formula is C11H16ClN3O2S. The summed E-state index contributed by atoms with van der Waals surface area (Å²) in [6.07, 6.45) is 0. The van der Waals surface area contributed by atoms with E-state index in [2.05, 4.69) is 5.10 Å². The lowest BCUT2D eigenvalue weighted by Crippen LogP contribution is -2.15. The third-order valence-corrected chi connectivity index (χ3v) is 4.70. The van der Waals surface area contributed by atoms with Crippen LogP contribution in [0.5, 0.6) is 0 Å². The molecule has 0 aliphatic carbocycles. The molecule has 100 valence electrons. The fourth-order valence-corrected chi connectivity index (χ4v) is 2.49. The number of aromatic nitrogens is 2. The molecule has 1 aromatic heterocycles. The summed E-state index contributed by atoms with van der Waals surface area (Å²) in [6.45, 7) is 5.59. The van der Waals surface area contributed by atoms with Gasteiger partial charge in [0, 0.05) is 5.75 Å². The molecular weight excluding hydrogens is 274 g/mol. The lowest BCUT2D eigenvalue weighted by Gasteiger charge is -2.03. The molecule has 0 amide bonds. The van der Waals surface area contributed by atoms with Crippen LogP contribution in [0.2, 0.25) is 5.15 Å². The van der Waals surface area contributed by atoms with Gasteiger partial charge in [0.25, 0.3) is 0 Å². The summed E-state index contributed by atoms with van der Waals surface area (Å²) in [5.74, 6) is 0.141. The number of hydrogen-bond donors (Lipinski definition) is 0. The van der Waals surface area contributed by atoms with Crippen molar-refractivity contribution < 1.29 is 8.42 Å². The first kappa shape index (κ1) is 15.0. The first-order valence-electron chi connectivity index (χ1n) is 5.69. The van der Waals surface area contributed by atoms with Gasteiger partial charge in [-0.05, 0) is 5.92 Å². The highest BCUT2D eigenvalue weighted by atomic mass is 35.5. The third-order valence-electron chi connectivity index (χ3n) is 2.63. The van der Waals surface area contributed by atoms with E-state index < -0.39 is 9.84 Å². The van der Waals surface area contributed by atoms with Crippen LogP contribution >= 0.6 is 11.6 Å². The summed E-state index contributed by atoms with van der Waals surface area (Å²) in [7, 11) is -3.07. The average molecular weight is 290 g/mol. The highest BCUT2D eigenvalue weighted by Crippen LogP contribution is 2.24. The van der Waals surface area contributed by atoms with Crippen LogP contribution in [0, 0.1) is 11.3 Å². The number of nitrogens with zero attached hydrogens (tertiary/aromatic N) is 3. The van der Waals surface area contributed by atoms with Gasteiger partial charge in [-0.15, -0.1) is 0 Å². The van der Waals surface area contributed by atoms with Crippen LogP contribution in [0.15, 0.2) is 0 Å². The minimum atomic E-state index is -3.07. The van der Waals surface area contributed by atoms with Gasteiger partial charge in [0.1, 0.15) is 16.8 Å². The molecule has 0 aliphatic heterocycles.